The van der Waals surface area contributed by atoms with Crippen LogP contribution in [0.3, 0.4) is 0 Å². The molecule has 110 valence electrons. The predicted octanol–water partition coefficient (Wildman–Crippen LogP) is 6.25. The van der Waals surface area contributed by atoms with Crippen LogP contribution in [-0.2, 0) is 6.42 Å². The quantitative estimate of drug-likeness (QED) is 0.512. The summed E-state index contributed by atoms with van der Waals surface area (Å²) in [6.45, 7) is 4.21. The van der Waals surface area contributed by atoms with Crippen LogP contribution in [0, 0.1) is 0 Å². The zero-order chi connectivity index (χ0) is 15.2. The van der Waals surface area contributed by atoms with Crippen molar-refractivity contribution in [2.24, 2.45) is 0 Å². The lowest BCUT2D eigenvalue weighted by Crippen LogP contribution is -2.24. The van der Waals surface area contributed by atoms with Gasteiger partial charge in [-0.05, 0) is 54.8 Å². The highest BCUT2D eigenvalue weighted by molar-refractivity contribution is 9.11. The molecule has 0 amide bonds. The van der Waals surface area contributed by atoms with Crippen LogP contribution in [0.4, 0.5) is 0 Å². The van der Waals surface area contributed by atoms with E-state index in [1.54, 1.807) is 0 Å². The van der Waals surface area contributed by atoms with Crippen molar-refractivity contribution in [1.82, 2.24) is 0 Å². The maximum atomic E-state index is 6.69. The van der Waals surface area contributed by atoms with Crippen molar-refractivity contribution in [1.29, 1.82) is 0 Å². The Balaban J connectivity index is 1.97. The number of ether oxygens (including phenoxy) is 1. The standard InChI is InChI=1S/C17H15Br2ClO/c1-17(2)9-11-7-10(3-6-15(11)21-17)16(20)13-8-12(18)4-5-14(13)19/h3-8,16H,9H2,1-2H3. The summed E-state index contributed by atoms with van der Waals surface area (Å²) in [5.74, 6) is 0.973. The summed E-state index contributed by atoms with van der Waals surface area (Å²) in [6, 6.07) is 12.3. The molecule has 1 unspecified atom stereocenters. The van der Waals surface area contributed by atoms with Crippen molar-refractivity contribution in [3.63, 3.8) is 0 Å². The van der Waals surface area contributed by atoms with Crippen molar-refractivity contribution in [3.8, 4) is 5.75 Å². The summed E-state index contributed by atoms with van der Waals surface area (Å²) in [6.07, 6.45) is 0.916. The summed E-state index contributed by atoms with van der Waals surface area (Å²) in [7, 11) is 0. The van der Waals surface area contributed by atoms with E-state index in [4.69, 9.17) is 16.3 Å². The van der Waals surface area contributed by atoms with Gasteiger partial charge in [-0.15, -0.1) is 11.6 Å². The molecular formula is C17H15Br2ClO. The summed E-state index contributed by atoms with van der Waals surface area (Å²) >= 11 is 13.8. The molecule has 1 nitrogen and oxygen atoms in total. The second kappa shape index (κ2) is 5.60. The van der Waals surface area contributed by atoms with Gasteiger partial charge >= 0.3 is 0 Å². The van der Waals surface area contributed by atoms with Gasteiger partial charge in [-0.3, -0.25) is 0 Å². The molecule has 0 fully saturated rings. The lowest BCUT2D eigenvalue weighted by molar-refractivity contribution is 0.138. The van der Waals surface area contributed by atoms with E-state index in [2.05, 4.69) is 57.8 Å². The van der Waals surface area contributed by atoms with E-state index in [0.29, 0.717) is 0 Å². The highest BCUT2D eigenvalue weighted by Gasteiger charge is 2.30. The van der Waals surface area contributed by atoms with Crippen LogP contribution < -0.4 is 4.74 Å². The Morgan fingerprint density at radius 1 is 1.14 bits per heavy atom. The molecule has 0 aliphatic carbocycles. The third kappa shape index (κ3) is 3.15. The molecule has 0 saturated carbocycles. The Morgan fingerprint density at radius 2 is 1.90 bits per heavy atom. The van der Waals surface area contributed by atoms with E-state index in [1.165, 1.54) is 5.56 Å². The van der Waals surface area contributed by atoms with E-state index < -0.39 is 0 Å². The van der Waals surface area contributed by atoms with Crippen molar-refractivity contribution < 1.29 is 4.74 Å². The maximum absolute atomic E-state index is 6.69. The molecule has 3 rings (SSSR count). The number of rotatable bonds is 2. The largest absolute Gasteiger partial charge is 0.487 e. The van der Waals surface area contributed by atoms with Crippen LogP contribution in [0.15, 0.2) is 45.3 Å². The smallest absolute Gasteiger partial charge is 0.123 e. The van der Waals surface area contributed by atoms with Gasteiger partial charge in [0.05, 0.1) is 5.38 Å². The number of fused-ring (bicyclic) bond motifs is 1. The van der Waals surface area contributed by atoms with Crippen molar-refractivity contribution in [3.05, 3.63) is 62.0 Å². The molecule has 2 aromatic carbocycles. The summed E-state index contributed by atoms with van der Waals surface area (Å²) in [5, 5.41) is -0.189. The number of alkyl halides is 1. The first-order valence-electron chi connectivity index (χ1n) is 6.76. The number of hydrogen-bond donors (Lipinski definition) is 0. The van der Waals surface area contributed by atoms with Gasteiger partial charge in [-0.2, -0.15) is 0 Å². The summed E-state index contributed by atoms with van der Waals surface area (Å²) < 4.78 is 7.96. The fourth-order valence-electron chi connectivity index (χ4n) is 2.68. The summed E-state index contributed by atoms with van der Waals surface area (Å²) in [5.41, 5.74) is 3.26. The fourth-order valence-corrected chi connectivity index (χ4v) is 3.98. The van der Waals surface area contributed by atoms with Gasteiger partial charge in [-0.25, -0.2) is 0 Å². The van der Waals surface area contributed by atoms with Gasteiger partial charge in [0.1, 0.15) is 11.4 Å². The molecule has 1 heterocycles. The van der Waals surface area contributed by atoms with Crippen LogP contribution in [0.5, 0.6) is 5.75 Å². The molecule has 21 heavy (non-hydrogen) atoms. The molecule has 0 bridgehead atoms. The fraction of sp³-hybridized carbons (Fsp3) is 0.294. The first-order chi connectivity index (χ1) is 9.85. The molecule has 1 atom stereocenters. The zero-order valence-corrected chi connectivity index (χ0v) is 15.7. The average Bonchev–Trinajstić information content (AvgIpc) is 2.73. The Kier molecular flexibility index (Phi) is 4.10. The minimum absolute atomic E-state index is 0.126. The zero-order valence-electron chi connectivity index (χ0n) is 11.8. The molecule has 1 aliphatic rings. The Hall–Kier alpha value is -0.510. The first kappa shape index (κ1) is 15.4. The van der Waals surface area contributed by atoms with Crippen molar-refractivity contribution in [2.45, 2.75) is 31.2 Å². The van der Waals surface area contributed by atoms with E-state index >= 15 is 0 Å². The second-order valence-electron chi connectivity index (χ2n) is 5.93. The third-order valence-corrected chi connectivity index (χ3v) is 5.31. The Bertz CT molecular complexity index is 697. The predicted molar refractivity (Wildman–Crippen MR) is 94.4 cm³/mol. The van der Waals surface area contributed by atoms with E-state index in [-0.39, 0.29) is 11.0 Å². The van der Waals surface area contributed by atoms with Gasteiger partial charge in [0.25, 0.3) is 0 Å². The van der Waals surface area contributed by atoms with Crippen LogP contribution in [0.1, 0.15) is 35.9 Å². The second-order valence-corrected chi connectivity index (χ2v) is 8.14. The maximum Gasteiger partial charge on any atom is 0.123 e. The van der Waals surface area contributed by atoms with Gasteiger partial charge in [0.2, 0.25) is 0 Å². The Labute approximate surface area is 146 Å². The lowest BCUT2D eigenvalue weighted by atomic mass is 9.97. The molecular weight excluding hydrogens is 415 g/mol. The molecule has 1 aliphatic heterocycles. The molecule has 0 radical (unpaired) electrons. The van der Waals surface area contributed by atoms with E-state index in [9.17, 15) is 0 Å². The Morgan fingerprint density at radius 3 is 2.67 bits per heavy atom. The highest BCUT2D eigenvalue weighted by atomic mass is 79.9. The van der Waals surface area contributed by atoms with Gasteiger partial charge in [0.15, 0.2) is 0 Å². The lowest BCUT2D eigenvalue weighted by Gasteiger charge is -2.16. The number of benzene rings is 2. The highest BCUT2D eigenvalue weighted by Crippen LogP contribution is 2.40. The monoisotopic (exact) mass is 428 g/mol. The average molecular weight is 431 g/mol. The topological polar surface area (TPSA) is 9.23 Å². The van der Waals surface area contributed by atoms with Gasteiger partial charge in [0, 0.05) is 15.4 Å². The summed E-state index contributed by atoms with van der Waals surface area (Å²) in [4.78, 5) is 0. The van der Waals surface area contributed by atoms with Crippen LogP contribution in [0.2, 0.25) is 0 Å². The van der Waals surface area contributed by atoms with Crippen LogP contribution >= 0.6 is 43.5 Å². The van der Waals surface area contributed by atoms with Crippen LogP contribution in [-0.4, -0.2) is 5.60 Å². The molecule has 0 N–H and O–H groups in total. The number of hydrogen-bond acceptors (Lipinski definition) is 1. The first-order valence-corrected chi connectivity index (χ1v) is 8.79. The minimum atomic E-state index is -0.189. The van der Waals surface area contributed by atoms with Crippen molar-refractivity contribution >= 4 is 43.5 Å². The SMILES string of the molecule is CC1(C)Cc2cc(C(Cl)c3cc(Br)ccc3Br)ccc2O1. The molecule has 0 aromatic heterocycles. The van der Waals surface area contributed by atoms with E-state index in [0.717, 1.165) is 32.2 Å². The number of halogens is 3. The minimum Gasteiger partial charge on any atom is -0.487 e. The molecule has 0 spiro atoms. The van der Waals surface area contributed by atoms with Crippen LogP contribution in [0.25, 0.3) is 0 Å². The third-order valence-electron chi connectivity index (χ3n) is 3.61. The van der Waals surface area contributed by atoms with E-state index in [1.807, 2.05) is 24.3 Å². The van der Waals surface area contributed by atoms with Gasteiger partial charge in [-0.1, -0.05) is 44.0 Å². The normalized spacial score (nSPS) is 17.2. The molecule has 0 saturated heterocycles. The molecule has 4 heteroatoms. The van der Waals surface area contributed by atoms with Crippen molar-refractivity contribution in [2.75, 3.05) is 0 Å². The van der Waals surface area contributed by atoms with Gasteiger partial charge < -0.3 is 4.74 Å². The molecule has 2 aromatic rings.